The highest BCUT2D eigenvalue weighted by molar-refractivity contribution is 6.34. The number of rotatable bonds is 6. The van der Waals surface area contributed by atoms with Crippen molar-refractivity contribution in [1.29, 1.82) is 0 Å². The van der Waals surface area contributed by atoms with Crippen LogP contribution >= 0.6 is 23.2 Å². The number of hydrogen-bond donors (Lipinski definition) is 3. The van der Waals surface area contributed by atoms with E-state index in [-0.39, 0.29) is 23.7 Å². The molecule has 5 nitrogen and oxygen atoms in total. The van der Waals surface area contributed by atoms with Gasteiger partial charge in [0.25, 0.3) is 5.91 Å². The van der Waals surface area contributed by atoms with Crippen molar-refractivity contribution in [2.24, 2.45) is 11.7 Å². The van der Waals surface area contributed by atoms with Crippen LogP contribution in [0.15, 0.2) is 42.5 Å². The number of carbonyl (C=O) groups excluding carboxylic acids is 2. The average molecular weight is 392 g/mol. The summed E-state index contributed by atoms with van der Waals surface area (Å²) in [6.45, 7) is 0.730. The molecule has 136 valence electrons. The van der Waals surface area contributed by atoms with E-state index in [1.165, 1.54) is 0 Å². The number of nitrogens with two attached hydrogens (primary N) is 1. The van der Waals surface area contributed by atoms with Crippen LogP contribution in [-0.2, 0) is 4.79 Å². The predicted octanol–water partition coefficient (Wildman–Crippen LogP) is 3.42. The second-order valence-electron chi connectivity index (χ2n) is 6.23. The van der Waals surface area contributed by atoms with Crippen LogP contribution in [0.3, 0.4) is 0 Å². The number of para-hydroxylation sites is 1. The number of amides is 2. The number of nitrogens with one attached hydrogen (secondary N) is 2. The number of hydrogen-bond acceptors (Lipinski definition) is 3. The Balaban J connectivity index is 1.69. The van der Waals surface area contributed by atoms with Gasteiger partial charge in [0.05, 0.1) is 11.3 Å². The zero-order chi connectivity index (χ0) is 18.7. The molecule has 2 aromatic carbocycles. The maximum absolute atomic E-state index is 12.6. The van der Waals surface area contributed by atoms with Crippen LogP contribution in [0.4, 0.5) is 5.69 Å². The molecule has 7 heteroatoms. The van der Waals surface area contributed by atoms with Gasteiger partial charge in [-0.05, 0) is 48.2 Å². The molecule has 0 saturated heterocycles. The van der Waals surface area contributed by atoms with E-state index in [0.29, 0.717) is 34.4 Å². The minimum absolute atomic E-state index is 0.0874. The number of benzene rings is 2. The average Bonchev–Trinajstić information content (AvgIpc) is 3.40. The van der Waals surface area contributed by atoms with Gasteiger partial charge in [0, 0.05) is 29.1 Å². The fraction of sp³-hybridized carbons (Fsp3) is 0.263. The maximum Gasteiger partial charge on any atom is 0.253 e. The molecule has 1 saturated carbocycles. The van der Waals surface area contributed by atoms with Crippen molar-refractivity contribution in [3.63, 3.8) is 0 Å². The van der Waals surface area contributed by atoms with Crippen LogP contribution in [0, 0.1) is 5.92 Å². The first-order valence-corrected chi connectivity index (χ1v) is 9.09. The molecule has 2 amide bonds. The van der Waals surface area contributed by atoms with Gasteiger partial charge in [-0.1, -0.05) is 35.3 Å². The maximum atomic E-state index is 12.6. The van der Waals surface area contributed by atoms with Crippen LogP contribution in [0.5, 0.6) is 0 Å². The first-order chi connectivity index (χ1) is 12.5. The van der Waals surface area contributed by atoms with Gasteiger partial charge < -0.3 is 16.4 Å². The van der Waals surface area contributed by atoms with Crippen molar-refractivity contribution in [3.8, 4) is 0 Å². The number of halogens is 2. The monoisotopic (exact) mass is 391 g/mol. The Labute approximate surface area is 161 Å². The summed E-state index contributed by atoms with van der Waals surface area (Å²) in [5, 5.41) is 6.68. The molecule has 1 aliphatic rings. The van der Waals surface area contributed by atoms with Gasteiger partial charge in [-0.15, -0.1) is 0 Å². The Morgan fingerprint density at radius 3 is 2.50 bits per heavy atom. The minimum Gasteiger partial charge on any atom is -0.351 e. The molecule has 1 aliphatic carbocycles. The van der Waals surface area contributed by atoms with Crippen LogP contribution < -0.4 is 16.4 Å². The molecular formula is C19H19Cl2N3O2. The smallest absolute Gasteiger partial charge is 0.253 e. The molecule has 0 radical (unpaired) electrons. The second-order valence-corrected chi connectivity index (χ2v) is 7.10. The summed E-state index contributed by atoms with van der Waals surface area (Å²) in [6.07, 6.45) is 0.726. The van der Waals surface area contributed by atoms with Crippen molar-refractivity contribution in [2.75, 3.05) is 18.4 Å². The standard InChI is InChI=1S/C19H19Cl2N3O2/c20-12-7-11(8-13(21)9-12)15-10-16(15)19(26)24-17-4-2-1-3-14(17)18(25)23-6-5-22/h1-4,7-9,15-16H,5-6,10,22H2,(H,23,25)(H,24,26). The molecule has 2 atom stereocenters. The zero-order valence-corrected chi connectivity index (χ0v) is 15.5. The Morgan fingerprint density at radius 2 is 1.81 bits per heavy atom. The van der Waals surface area contributed by atoms with E-state index in [2.05, 4.69) is 10.6 Å². The molecule has 0 aliphatic heterocycles. The first-order valence-electron chi connectivity index (χ1n) is 8.33. The van der Waals surface area contributed by atoms with Crippen LogP contribution in [0.1, 0.15) is 28.3 Å². The first kappa shape index (κ1) is 18.7. The Hall–Kier alpha value is -2.08. The third kappa shape index (κ3) is 4.36. The quantitative estimate of drug-likeness (QED) is 0.704. The minimum atomic E-state index is -0.264. The van der Waals surface area contributed by atoms with Crippen molar-refractivity contribution in [1.82, 2.24) is 5.32 Å². The van der Waals surface area contributed by atoms with E-state index >= 15 is 0 Å². The Kier molecular flexibility index (Phi) is 5.81. The van der Waals surface area contributed by atoms with E-state index < -0.39 is 0 Å². The summed E-state index contributed by atoms with van der Waals surface area (Å²) in [6, 6.07) is 12.2. The third-order valence-corrected chi connectivity index (χ3v) is 4.74. The van der Waals surface area contributed by atoms with E-state index in [1.807, 2.05) is 12.1 Å². The molecule has 26 heavy (non-hydrogen) atoms. The molecule has 4 N–H and O–H groups in total. The van der Waals surface area contributed by atoms with Gasteiger partial charge >= 0.3 is 0 Å². The van der Waals surface area contributed by atoms with E-state index in [9.17, 15) is 9.59 Å². The Morgan fingerprint density at radius 1 is 1.12 bits per heavy atom. The summed E-state index contributed by atoms with van der Waals surface area (Å²) < 4.78 is 0. The van der Waals surface area contributed by atoms with E-state index in [0.717, 1.165) is 12.0 Å². The lowest BCUT2D eigenvalue weighted by atomic mass is 10.1. The van der Waals surface area contributed by atoms with Gasteiger partial charge in [-0.2, -0.15) is 0 Å². The molecule has 0 spiro atoms. The van der Waals surface area contributed by atoms with Crippen molar-refractivity contribution >= 4 is 40.7 Å². The lowest BCUT2D eigenvalue weighted by Gasteiger charge is -2.11. The molecule has 0 bridgehead atoms. The summed E-state index contributed by atoms with van der Waals surface area (Å²) in [7, 11) is 0. The third-order valence-electron chi connectivity index (χ3n) is 4.30. The molecule has 1 fully saturated rings. The molecule has 0 heterocycles. The van der Waals surface area contributed by atoms with Gasteiger partial charge in [-0.3, -0.25) is 9.59 Å². The SMILES string of the molecule is NCCNC(=O)c1ccccc1NC(=O)C1CC1c1cc(Cl)cc(Cl)c1. The predicted molar refractivity (Wildman–Crippen MR) is 104 cm³/mol. The molecule has 2 aromatic rings. The number of anilines is 1. The number of carbonyl (C=O) groups is 2. The van der Waals surface area contributed by atoms with Crippen LogP contribution in [0.25, 0.3) is 0 Å². The molecule has 3 rings (SSSR count). The van der Waals surface area contributed by atoms with E-state index in [1.54, 1.807) is 30.3 Å². The van der Waals surface area contributed by atoms with Gasteiger partial charge in [0.15, 0.2) is 0 Å². The van der Waals surface area contributed by atoms with Crippen molar-refractivity contribution in [2.45, 2.75) is 12.3 Å². The lowest BCUT2D eigenvalue weighted by Crippen LogP contribution is -2.30. The highest BCUT2D eigenvalue weighted by Crippen LogP contribution is 2.49. The van der Waals surface area contributed by atoms with Crippen molar-refractivity contribution < 1.29 is 9.59 Å². The summed E-state index contributed by atoms with van der Waals surface area (Å²) in [5.74, 6) is -0.459. The van der Waals surface area contributed by atoms with Crippen molar-refractivity contribution in [3.05, 3.63) is 63.6 Å². The summed E-state index contributed by atoms with van der Waals surface area (Å²) in [5.41, 5.74) is 7.27. The fourth-order valence-corrected chi connectivity index (χ4v) is 3.48. The lowest BCUT2D eigenvalue weighted by molar-refractivity contribution is -0.117. The largest absolute Gasteiger partial charge is 0.351 e. The summed E-state index contributed by atoms with van der Waals surface area (Å²) >= 11 is 12.1. The topological polar surface area (TPSA) is 84.2 Å². The zero-order valence-electron chi connectivity index (χ0n) is 14.0. The second kappa shape index (κ2) is 8.08. The molecular weight excluding hydrogens is 373 g/mol. The highest BCUT2D eigenvalue weighted by atomic mass is 35.5. The van der Waals surface area contributed by atoms with Crippen LogP contribution in [0.2, 0.25) is 10.0 Å². The highest BCUT2D eigenvalue weighted by Gasteiger charge is 2.44. The summed E-state index contributed by atoms with van der Waals surface area (Å²) in [4.78, 5) is 24.8. The normalized spacial score (nSPS) is 18.3. The van der Waals surface area contributed by atoms with Gasteiger partial charge in [-0.25, -0.2) is 0 Å². The Bertz CT molecular complexity index is 821. The van der Waals surface area contributed by atoms with Gasteiger partial charge in [0.2, 0.25) is 5.91 Å². The van der Waals surface area contributed by atoms with Gasteiger partial charge in [0.1, 0.15) is 0 Å². The van der Waals surface area contributed by atoms with E-state index in [4.69, 9.17) is 28.9 Å². The van der Waals surface area contributed by atoms with Crippen LogP contribution in [-0.4, -0.2) is 24.9 Å². The molecule has 2 unspecified atom stereocenters. The fourth-order valence-electron chi connectivity index (χ4n) is 2.94. The molecule has 0 aromatic heterocycles.